The molecule has 3 rings (SSSR count). The van der Waals surface area contributed by atoms with E-state index in [1.165, 1.54) is 16.2 Å². The molecule has 2 aliphatic rings. The molecule has 2 heterocycles. The molecule has 0 radical (unpaired) electrons. The number of nitrogens with one attached hydrogen (secondary N) is 2. The van der Waals surface area contributed by atoms with Crippen molar-refractivity contribution in [3.63, 3.8) is 0 Å². The van der Waals surface area contributed by atoms with E-state index in [0.29, 0.717) is 30.3 Å². The number of nitrogens with two attached hydrogens (primary N) is 1. The van der Waals surface area contributed by atoms with Gasteiger partial charge in [0.1, 0.15) is 0 Å². The van der Waals surface area contributed by atoms with Crippen molar-refractivity contribution in [1.29, 1.82) is 0 Å². The second-order valence-corrected chi connectivity index (χ2v) is 10.1. The van der Waals surface area contributed by atoms with Gasteiger partial charge in [-0.1, -0.05) is 0 Å². The van der Waals surface area contributed by atoms with Crippen molar-refractivity contribution in [3.05, 3.63) is 15.6 Å². The Hall–Kier alpha value is -2.24. The average Bonchev–Trinajstić information content (AvgIpc) is 3.17. The van der Waals surface area contributed by atoms with Gasteiger partial charge in [-0.15, -0.1) is 23.7 Å². The average molecular weight is 501 g/mol. The first-order chi connectivity index (χ1) is 15.1. The van der Waals surface area contributed by atoms with Gasteiger partial charge in [-0.3, -0.25) is 24.1 Å². The Morgan fingerprint density at radius 1 is 1.15 bits per heavy atom. The SMILES string of the molecule is CC(C)N1CCc2nc(C(=O)N[C@@H]3C[C@@H](C(=O)N(C)C)CC[C@@H]3NC(=O)C(N)=O)sc2C1.Cl. The first-order valence-electron chi connectivity index (χ1n) is 10.9. The summed E-state index contributed by atoms with van der Waals surface area (Å²) in [5.74, 6) is -2.61. The van der Waals surface area contributed by atoms with Crippen LogP contribution in [-0.2, 0) is 27.3 Å². The van der Waals surface area contributed by atoms with Gasteiger partial charge in [0, 0.05) is 56.5 Å². The van der Waals surface area contributed by atoms with Gasteiger partial charge < -0.3 is 21.3 Å². The maximum absolute atomic E-state index is 13.0. The molecular formula is C21H33ClN6O4S. The van der Waals surface area contributed by atoms with Crippen LogP contribution in [0.5, 0.6) is 0 Å². The van der Waals surface area contributed by atoms with Crippen LogP contribution in [0.3, 0.4) is 0 Å². The van der Waals surface area contributed by atoms with Crippen molar-refractivity contribution in [3.8, 4) is 0 Å². The van der Waals surface area contributed by atoms with E-state index in [2.05, 4.69) is 34.4 Å². The fraction of sp³-hybridized carbons (Fsp3) is 0.667. The number of carbonyl (C=O) groups is 4. The summed E-state index contributed by atoms with van der Waals surface area (Å²) in [6.07, 6.45) is 2.16. The van der Waals surface area contributed by atoms with Crippen LogP contribution in [0.1, 0.15) is 53.5 Å². The lowest BCUT2D eigenvalue weighted by Crippen LogP contribution is -2.57. The van der Waals surface area contributed by atoms with Crippen LogP contribution in [0.25, 0.3) is 0 Å². The lowest BCUT2D eigenvalue weighted by Gasteiger charge is -2.36. The monoisotopic (exact) mass is 500 g/mol. The summed E-state index contributed by atoms with van der Waals surface area (Å²) in [6.45, 7) is 5.98. The van der Waals surface area contributed by atoms with Crippen molar-refractivity contribution in [2.75, 3.05) is 20.6 Å². The highest BCUT2D eigenvalue weighted by atomic mass is 35.5. The van der Waals surface area contributed by atoms with Gasteiger partial charge in [0.2, 0.25) is 5.91 Å². The van der Waals surface area contributed by atoms with Crippen molar-refractivity contribution in [2.24, 2.45) is 11.7 Å². The molecule has 0 unspecified atom stereocenters. The highest BCUT2D eigenvalue weighted by molar-refractivity contribution is 7.13. The Morgan fingerprint density at radius 2 is 1.85 bits per heavy atom. The second-order valence-electron chi connectivity index (χ2n) is 8.97. The molecule has 1 aromatic rings. The molecule has 1 fully saturated rings. The summed E-state index contributed by atoms with van der Waals surface area (Å²) >= 11 is 1.38. The number of hydrogen-bond acceptors (Lipinski definition) is 7. The van der Waals surface area contributed by atoms with E-state index >= 15 is 0 Å². The summed E-state index contributed by atoms with van der Waals surface area (Å²) < 4.78 is 0. The topological polar surface area (TPSA) is 138 Å². The predicted octanol–water partition coefficient (Wildman–Crippen LogP) is 0.288. The third kappa shape index (κ3) is 6.42. The second kappa shape index (κ2) is 11.3. The Labute approximate surface area is 204 Å². The van der Waals surface area contributed by atoms with Gasteiger partial charge in [0.05, 0.1) is 11.7 Å². The molecule has 4 N–H and O–H groups in total. The molecule has 10 nitrogen and oxygen atoms in total. The third-order valence-electron chi connectivity index (χ3n) is 6.18. The predicted molar refractivity (Wildman–Crippen MR) is 127 cm³/mol. The Kier molecular flexibility index (Phi) is 9.21. The normalized spacial score (nSPS) is 22.6. The molecule has 0 spiro atoms. The van der Waals surface area contributed by atoms with Crippen LogP contribution in [0.15, 0.2) is 0 Å². The van der Waals surface area contributed by atoms with Gasteiger partial charge in [-0.05, 0) is 33.1 Å². The van der Waals surface area contributed by atoms with E-state index in [1.54, 1.807) is 14.1 Å². The summed E-state index contributed by atoms with van der Waals surface area (Å²) in [5.41, 5.74) is 6.04. The maximum atomic E-state index is 13.0. The number of hydrogen-bond donors (Lipinski definition) is 3. The lowest BCUT2D eigenvalue weighted by molar-refractivity contribution is -0.138. The van der Waals surface area contributed by atoms with E-state index in [4.69, 9.17) is 5.73 Å². The zero-order valence-corrected chi connectivity index (χ0v) is 21.1. The largest absolute Gasteiger partial charge is 0.361 e. The number of amides is 4. The van der Waals surface area contributed by atoms with E-state index in [-0.39, 0.29) is 30.1 Å². The Bertz CT molecular complexity index is 905. The number of primary amides is 1. The smallest absolute Gasteiger partial charge is 0.309 e. The van der Waals surface area contributed by atoms with Gasteiger partial charge >= 0.3 is 11.8 Å². The molecule has 12 heteroatoms. The highest BCUT2D eigenvalue weighted by Gasteiger charge is 2.37. The Morgan fingerprint density at radius 3 is 2.45 bits per heavy atom. The summed E-state index contributed by atoms with van der Waals surface area (Å²) in [6, 6.07) is -0.580. The molecule has 1 aromatic heterocycles. The molecule has 4 amide bonds. The number of rotatable bonds is 5. The van der Waals surface area contributed by atoms with Crippen molar-refractivity contribution >= 4 is 47.4 Å². The molecule has 1 aliphatic heterocycles. The van der Waals surface area contributed by atoms with E-state index < -0.39 is 23.9 Å². The zero-order chi connectivity index (χ0) is 23.6. The number of carbonyl (C=O) groups excluding carboxylic acids is 4. The minimum absolute atomic E-state index is 0. The molecule has 0 aromatic carbocycles. The van der Waals surface area contributed by atoms with Crippen LogP contribution in [-0.4, -0.2) is 77.2 Å². The molecule has 33 heavy (non-hydrogen) atoms. The van der Waals surface area contributed by atoms with Gasteiger partial charge in [0.25, 0.3) is 5.91 Å². The number of thiazole rings is 1. The number of nitrogens with zero attached hydrogens (tertiary/aromatic N) is 3. The number of halogens is 1. The van der Waals surface area contributed by atoms with Crippen LogP contribution in [0.2, 0.25) is 0 Å². The van der Waals surface area contributed by atoms with Crippen molar-refractivity contribution < 1.29 is 19.2 Å². The number of aromatic nitrogens is 1. The maximum Gasteiger partial charge on any atom is 0.309 e. The standard InChI is InChI=1S/C21H32N6O4S.ClH/c1-11(2)27-8-7-14-16(10-27)32-20(25-14)19(30)24-15-9-12(21(31)26(3)4)5-6-13(15)23-18(29)17(22)28;/h11-13,15H,5-10H2,1-4H3,(H2,22,28)(H,23,29)(H,24,30);1H/t12-,13-,15+;/m0./s1. The molecular weight excluding hydrogens is 468 g/mol. The van der Waals surface area contributed by atoms with Crippen molar-refractivity contribution in [2.45, 2.75) is 64.2 Å². The molecule has 3 atom stereocenters. The molecule has 1 saturated carbocycles. The zero-order valence-electron chi connectivity index (χ0n) is 19.4. The van der Waals surface area contributed by atoms with Gasteiger partial charge in [0.15, 0.2) is 5.01 Å². The lowest BCUT2D eigenvalue weighted by atomic mass is 9.81. The summed E-state index contributed by atoms with van der Waals surface area (Å²) in [5, 5.41) is 5.94. The molecule has 184 valence electrons. The quantitative estimate of drug-likeness (QED) is 0.497. The minimum Gasteiger partial charge on any atom is -0.361 e. The third-order valence-corrected chi connectivity index (χ3v) is 7.26. The molecule has 0 bridgehead atoms. The van der Waals surface area contributed by atoms with Crippen LogP contribution in [0.4, 0.5) is 0 Å². The van der Waals surface area contributed by atoms with E-state index in [0.717, 1.165) is 30.1 Å². The van der Waals surface area contributed by atoms with Gasteiger partial charge in [-0.2, -0.15) is 0 Å². The fourth-order valence-corrected chi connectivity index (χ4v) is 5.35. The van der Waals surface area contributed by atoms with E-state index in [1.807, 2.05) is 0 Å². The van der Waals surface area contributed by atoms with Crippen LogP contribution in [0, 0.1) is 5.92 Å². The fourth-order valence-electron chi connectivity index (χ4n) is 4.32. The van der Waals surface area contributed by atoms with Crippen LogP contribution < -0.4 is 16.4 Å². The number of fused-ring (bicyclic) bond motifs is 1. The highest BCUT2D eigenvalue weighted by Crippen LogP contribution is 2.29. The first-order valence-corrected chi connectivity index (χ1v) is 11.7. The Balaban J connectivity index is 0.00000385. The summed E-state index contributed by atoms with van der Waals surface area (Å²) in [7, 11) is 3.38. The van der Waals surface area contributed by atoms with Gasteiger partial charge in [-0.25, -0.2) is 4.98 Å². The minimum atomic E-state index is -1.08. The molecule has 0 saturated heterocycles. The first kappa shape index (κ1) is 27.0. The van der Waals surface area contributed by atoms with Crippen molar-refractivity contribution in [1.82, 2.24) is 25.4 Å². The van der Waals surface area contributed by atoms with Crippen LogP contribution >= 0.6 is 23.7 Å². The molecule has 1 aliphatic carbocycles. The summed E-state index contributed by atoms with van der Waals surface area (Å²) in [4.78, 5) is 58.1. The van der Waals surface area contributed by atoms with E-state index in [9.17, 15) is 19.2 Å².